The van der Waals surface area contributed by atoms with Crippen LogP contribution in [0, 0.1) is 0 Å². The van der Waals surface area contributed by atoms with Crippen LogP contribution in [0.2, 0.25) is 23.5 Å². The number of halogens is 1. The van der Waals surface area contributed by atoms with Gasteiger partial charge in [0.2, 0.25) is 0 Å². The van der Waals surface area contributed by atoms with E-state index in [0.29, 0.717) is 16.7 Å². The van der Waals surface area contributed by atoms with Crippen molar-refractivity contribution in [1.82, 2.24) is 10.3 Å². The Bertz CT molecular complexity index is 797. The summed E-state index contributed by atoms with van der Waals surface area (Å²) in [7, 11) is -1.58. The zero-order valence-corrected chi connectivity index (χ0v) is 18.8. The molecular formula is C19H29ClN2O5Si. The number of para-hydroxylation sites is 1. The maximum Gasteiger partial charge on any atom is 0.338 e. The zero-order valence-electron chi connectivity index (χ0n) is 17.0. The number of hydrogen-bond donors (Lipinski definition) is 2. The van der Waals surface area contributed by atoms with Crippen molar-refractivity contribution in [3.8, 4) is 0 Å². The standard InChI is InChI=1S/C11H25NO2Si.C8H4ClNO3/c1-11(2,3)15(4,5)14-9-10-8-13-7-6-12-10;9-8-10-6-4(7(11)12)2-1-3-5(6)13-8/h10,12H,6-9H2,1-5H3;1-3H,(H,11,12)/t10-;/m1./s1. The third-order valence-electron chi connectivity index (χ3n) is 5.07. The van der Waals surface area contributed by atoms with Crippen molar-refractivity contribution in [3.63, 3.8) is 0 Å². The van der Waals surface area contributed by atoms with Gasteiger partial charge in [-0.2, -0.15) is 4.98 Å². The lowest BCUT2D eigenvalue weighted by Crippen LogP contribution is -2.49. The molecule has 0 spiro atoms. The molecule has 2 aromatic rings. The minimum Gasteiger partial charge on any atom is -0.478 e. The van der Waals surface area contributed by atoms with Crippen LogP contribution >= 0.6 is 11.6 Å². The molecule has 1 aromatic heterocycles. The van der Waals surface area contributed by atoms with Gasteiger partial charge >= 0.3 is 5.97 Å². The lowest BCUT2D eigenvalue weighted by molar-refractivity contribution is 0.0569. The average Bonchev–Trinajstić information content (AvgIpc) is 3.00. The summed E-state index contributed by atoms with van der Waals surface area (Å²) in [6, 6.07) is 5.02. The van der Waals surface area contributed by atoms with Crippen LogP contribution in [0.25, 0.3) is 11.1 Å². The third kappa shape index (κ3) is 6.02. The number of carbonyl (C=O) groups is 1. The fraction of sp³-hybridized carbons (Fsp3) is 0.579. The van der Waals surface area contributed by atoms with Crippen LogP contribution < -0.4 is 5.32 Å². The monoisotopic (exact) mass is 428 g/mol. The van der Waals surface area contributed by atoms with Gasteiger partial charge in [0.1, 0.15) is 5.52 Å². The van der Waals surface area contributed by atoms with Crippen molar-refractivity contribution in [2.45, 2.75) is 44.9 Å². The fourth-order valence-corrected chi connectivity index (χ4v) is 3.56. The van der Waals surface area contributed by atoms with Crippen LogP contribution in [0.15, 0.2) is 22.6 Å². The molecule has 1 aromatic carbocycles. The molecule has 1 aliphatic heterocycles. The smallest absolute Gasteiger partial charge is 0.338 e. The summed E-state index contributed by atoms with van der Waals surface area (Å²) in [6.45, 7) is 14.7. The van der Waals surface area contributed by atoms with Gasteiger partial charge in [-0.05, 0) is 41.9 Å². The highest BCUT2D eigenvalue weighted by Gasteiger charge is 2.37. The Morgan fingerprint density at radius 2 is 2.14 bits per heavy atom. The normalized spacial score (nSPS) is 17.9. The van der Waals surface area contributed by atoms with Gasteiger partial charge in [0, 0.05) is 6.54 Å². The minimum atomic E-state index is -1.58. The first-order chi connectivity index (χ1) is 13.0. The molecule has 0 radical (unpaired) electrons. The van der Waals surface area contributed by atoms with E-state index in [1.807, 2.05) is 0 Å². The van der Waals surface area contributed by atoms with Crippen molar-refractivity contribution in [2.75, 3.05) is 26.4 Å². The Morgan fingerprint density at radius 1 is 1.43 bits per heavy atom. The quantitative estimate of drug-likeness (QED) is 0.705. The molecule has 7 nitrogen and oxygen atoms in total. The van der Waals surface area contributed by atoms with Gasteiger partial charge in [-0.25, -0.2) is 4.79 Å². The predicted molar refractivity (Wildman–Crippen MR) is 112 cm³/mol. The van der Waals surface area contributed by atoms with E-state index in [-0.39, 0.29) is 16.4 Å². The van der Waals surface area contributed by atoms with Gasteiger partial charge in [-0.3, -0.25) is 0 Å². The van der Waals surface area contributed by atoms with E-state index in [9.17, 15) is 4.79 Å². The van der Waals surface area contributed by atoms with E-state index in [0.717, 1.165) is 26.4 Å². The average molecular weight is 429 g/mol. The van der Waals surface area contributed by atoms with E-state index in [1.54, 1.807) is 12.1 Å². The number of carboxylic acid groups (broad SMARTS) is 1. The van der Waals surface area contributed by atoms with Crippen molar-refractivity contribution >= 4 is 37.0 Å². The number of aromatic carboxylic acids is 1. The van der Waals surface area contributed by atoms with Crippen LogP contribution in [-0.2, 0) is 9.16 Å². The molecule has 1 atom stereocenters. The van der Waals surface area contributed by atoms with Crippen molar-refractivity contribution < 1.29 is 23.5 Å². The van der Waals surface area contributed by atoms with Crippen LogP contribution in [0.5, 0.6) is 0 Å². The maximum atomic E-state index is 10.7. The molecule has 28 heavy (non-hydrogen) atoms. The Kier molecular flexibility index (Phi) is 7.63. The zero-order chi connectivity index (χ0) is 20.9. The third-order valence-corrected chi connectivity index (χ3v) is 9.74. The van der Waals surface area contributed by atoms with E-state index >= 15 is 0 Å². The van der Waals surface area contributed by atoms with Crippen LogP contribution in [0.3, 0.4) is 0 Å². The Morgan fingerprint density at radius 3 is 2.71 bits per heavy atom. The highest BCUT2D eigenvalue weighted by Crippen LogP contribution is 2.36. The minimum absolute atomic E-state index is 0.0521. The molecule has 0 amide bonds. The number of aromatic nitrogens is 1. The number of morpholine rings is 1. The molecule has 1 aliphatic rings. The topological polar surface area (TPSA) is 93.8 Å². The Hall–Kier alpha value is -1.45. The molecule has 0 aliphatic carbocycles. The number of oxazole rings is 1. The Labute approximate surface area is 171 Å². The van der Waals surface area contributed by atoms with Crippen molar-refractivity contribution in [1.29, 1.82) is 0 Å². The highest BCUT2D eigenvalue weighted by atomic mass is 35.5. The van der Waals surface area contributed by atoms with E-state index in [1.165, 1.54) is 6.07 Å². The first-order valence-electron chi connectivity index (χ1n) is 9.25. The summed E-state index contributed by atoms with van der Waals surface area (Å²) in [5.41, 5.74) is 0.748. The summed E-state index contributed by atoms with van der Waals surface area (Å²) in [6.07, 6.45) is 0. The van der Waals surface area contributed by atoms with Crippen LogP contribution in [-0.4, -0.2) is 56.8 Å². The molecular weight excluding hydrogens is 400 g/mol. The number of rotatable bonds is 4. The molecule has 0 saturated carbocycles. The van der Waals surface area contributed by atoms with Gasteiger partial charge in [-0.15, -0.1) is 0 Å². The number of carboxylic acids is 1. The Balaban J connectivity index is 0.000000202. The second-order valence-electron chi connectivity index (χ2n) is 8.22. The first-order valence-corrected chi connectivity index (χ1v) is 12.5. The fourth-order valence-electron chi connectivity index (χ4n) is 2.35. The number of nitrogens with zero attached hydrogens (tertiary/aromatic N) is 1. The molecule has 9 heteroatoms. The first kappa shape index (κ1) is 22.8. The summed E-state index contributed by atoms with van der Waals surface area (Å²) in [5.74, 6) is -1.05. The number of benzene rings is 1. The van der Waals surface area contributed by atoms with Gasteiger partial charge < -0.3 is 24.0 Å². The van der Waals surface area contributed by atoms with Gasteiger partial charge in [0.15, 0.2) is 13.9 Å². The molecule has 0 unspecified atom stereocenters. The lowest BCUT2D eigenvalue weighted by atomic mass is 10.2. The van der Waals surface area contributed by atoms with E-state index in [2.05, 4.69) is 44.2 Å². The second kappa shape index (κ2) is 9.36. The summed E-state index contributed by atoms with van der Waals surface area (Å²) >= 11 is 5.49. The van der Waals surface area contributed by atoms with Crippen molar-refractivity contribution in [2.24, 2.45) is 0 Å². The SMILES string of the molecule is CC(C)(C)[Si](C)(C)OC[C@H]1COCCN1.O=C(O)c1cccc2oc(Cl)nc12. The largest absolute Gasteiger partial charge is 0.478 e. The number of nitrogens with one attached hydrogen (secondary N) is 1. The van der Waals surface area contributed by atoms with Crippen LogP contribution in [0.1, 0.15) is 31.1 Å². The predicted octanol–water partition coefficient (Wildman–Crippen LogP) is 4.18. The molecule has 2 heterocycles. The molecule has 156 valence electrons. The summed E-state index contributed by atoms with van der Waals surface area (Å²) in [5, 5.41) is 12.4. The molecule has 0 bridgehead atoms. The van der Waals surface area contributed by atoms with E-state index < -0.39 is 14.3 Å². The van der Waals surface area contributed by atoms with E-state index in [4.69, 9.17) is 30.3 Å². The lowest BCUT2D eigenvalue weighted by Gasteiger charge is -2.37. The highest BCUT2D eigenvalue weighted by molar-refractivity contribution is 6.74. The molecule has 1 saturated heterocycles. The van der Waals surface area contributed by atoms with Gasteiger partial charge in [0.05, 0.1) is 31.4 Å². The molecule has 3 rings (SSSR count). The maximum absolute atomic E-state index is 10.7. The summed E-state index contributed by atoms with van der Waals surface area (Å²) in [4.78, 5) is 14.5. The number of ether oxygens (including phenoxy) is 1. The van der Waals surface area contributed by atoms with Gasteiger partial charge in [-0.1, -0.05) is 26.8 Å². The number of hydrogen-bond acceptors (Lipinski definition) is 6. The summed E-state index contributed by atoms with van der Waals surface area (Å²) < 4.78 is 16.5. The molecule has 1 fully saturated rings. The second-order valence-corrected chi connectivity index (χ2v) is 13.4. The number of fused-ring (bicyclic) bond motifs is 1. The molecule has 2 N–H and O–H groups in total. The van der Waals surface area contributed by atoms with Crippen LogP contribution in [0.4, 0.5) is 0 Å². The van der Waals surface area contributed by atoms with Gasteiger partial charge in [0.25, 0.3) is 5.35 Å². The van der Waals surface area contributed by atoms with Crippen molar-refractivity contribution in [3.05, 3.63) is 29.1 Å².